The number of hydrogen-bond donors (Lipinski definition) is 1. The van der Waals surface area contributed by atoms with E-state index in [1.54, 1.807) is 0 Å². The van der Waals surface area contributed by atoms with Gasteiger partial charge in [-0.2, -0.15) is 0 Å². The Balaban J connectivity index is 3.29. The van der Waals surface area contributed by atoms with Crippen LogP contribution in [0.4, 0.5) is 8.78 Å². The van der Waals surface area contributed by atoms with Crippen molar-refractivity contribution in [3.8, 4) is 0 Å². The second-order valence-electron chi connectivity index (χ2n) is 3.51. The van der Waals surface area contributed by atoms with Crippen LogP contribution in [-0.4, -0.2) is 12.3 Å². The highest BCUT2D eigenvalue weighted by Crippen LogP contribution is 2.35. The third-order valence-corrected chi connectivity index (χ3v) is 2.44. The number of benzene rings is 1. The quantitative estimate of drug-likeness (QED) is 0.832. The first-order valence-electron chi connectivity index (χ1n) is 4.78. The van der Waals surface area contributed by atoms with Crippen LogP contribution in [0.15, 0.2) is 18.2 Å². The molecule has 0 bridgehead atoms. The number of Topliss-reactive ketones (excluding diaryl/α,β-unsaturated/α-hetero) is 1. The molecular weight excluding hydrogens is 236 g/mol. The Bertz CT molecular complexity index is 401. The van der Waals surface area contributed by atoms with Crippen molar-refractivity contribution in [3.05, 3.63) is 34.3 Å². The van der Waals surface area contributed by atoms with Crippen LogP contribution in [0.25, 0.3) is 0 Å². The number of ketones is 1. The van der Waals surface area contributed by atoms with Gasteiger partial charge in [-0.1, -0.05) is 23.7 Å². The zero-order valence-corrected chi connectivity index (χ0v) is 9.52. The lowest BCUT2D eigenvalue weighted by atomic mass is 9.97. The number of halogens is 3. The average Bonchev–Trinajstić information content (AvgIpc) is 2.15. The van der Waals surface area contributed by atoms with E-state index in [-0.39, 0.29) is 23.6 Å². The topological polar surface area (TPSA) is 43.1 Å². The average molecular weight is 248 g/mol. The zero-order valence-electron chi connectivity index (χ0n) is 8.77. The molecule has 0 heterocycles. The van der Waals surface area contributed by atoms with Crippen molar-refractivity contribution in [1.29, 1.82) is 0 Å². The Hall–Kier alpha value is -1.00. The van der Waals surface area contributed by atoms with Crippen LogP contribution in [0.5, 0.6) is 0 Å². The van der Waals surface area contributed by atoms with Crippen LogP contribution in [0.1, 0.15) is 29.3 Å². The molecule has 0 radical (unpaired) electrons. The van der Waals surface area contributed by atoms with Gasteiger partial charge in [-0.25, -0.2) is 8.78 Å². The van der Waals surface area contributed by atoms with E-state index in [0.717, 1.165) is 0 Å². The van der Waals surface area contributed by atoms with Gasteiger partial charge >= 0.3 is 0 Å². The lowest BCUT2D eigenvalue weighted by molar-refractivity contribution is 0.0165. The zero-order chi connectivity index (χ0) is 12.3. The fourth-order valence-electron chi connectivity index (χ4n) is 1.47. The van der Waals surface area contributed by atoms with Crippen LogP contribution < -0.4 is 5.73 Å². The van der Waals surface area contributed by atoms with Crippen molar-refractivity contribution < 1.29 is 13.6 Å². The van der Waals surface area contributed by atoms with E-state index < -0.39 is 17.3 Å². The number of carbonyl (C=O) groups excluding carboxylic acids is 1. The van der Waals surface area contributed by atoms with Crippen LogP contribution in [-0.2, 0) is 5.92 Å². The van der Waals surface area contributed by atoms with E-state index in [2.05, 4.69) is 0 Å². The number of carbonyl (C=O) groups is 1. The summed E-state index contributed by atoms with van der Waals surface area (Å²) in [6.45, 7) is 0.841. The van der Waals surface area contributed by atoms with Crippen LogP contribution >= 0.6 is 11.6 Å². The smallest absolute Gasteiger partial charge is 0.272 e. The highest BCUT2D eigenvalue weighted by molar-refractivity contribution is 6.32. The predicted molar refractivity (Wildman–Crippen MR) is 59.0 cm³/mol. The summed E-state index contributed by atoms with van der Waals surface area (Å²) < 4.78 is 26.6. The molecule has 2 N–H and O–H groups in total. The molecule has 0 aliphatic heterocycles. The van der Waals surface area contributed by atoms with Crippen LogP contribution in [0, 0.1) is 0 Å². The van der Waals surface area contributed by atoms with E-state index in [1.165, 1.54) is 18.2 Å². The summed E-state index contributed by atoms with van der Waals surface area (Å²) in [7, 11) is 0. The minimum Gasteiger partial charge on any atom is -0.330 e. The number of alkyl halides is 2. The minimum atomic E-state index is -3.14. The molecule has 1 aromatic rings. The fourth-order valence-corrected chi connectivity index (χ4v) is 1.81. The highest BCUT2D eigenvalue weighted by Gasteiger charge is 2.32. The summed E-state index contributed by atoms with van der Waals surface area (Å²) in [4.78, 5) is 11.6. The van der Waals surface area contributed by atoms with Gasteiger partial charge in [-0.15, -0.1) is 0 Å². The summed E-state index contributed by atoms with van der Waals surface area (Å²) in [5, 5.41) is -0.102. The molecule has 0 saturated heterocycles. The Morgan fingerprint density at radius 3 is 2.62 bits per heavy atom. The van der Waals surface area contributed by atoms with Gasteiger partial charge in [0, 0.05) is 24.5 Å². The summed E-state index contributed by atoms with van der Waals surface area (Å²) in [5.41, 5.74) is 4.75. The second kappa shape index (κ2) is 4.89. The van der Waals surface area contributed by atoms with Crippen molar-refractivity contribution in [1.82, 2.24) is 0 Å². The van der Waals surface area contributed by atoms with Crippen molar-refractivity contribution in [2.45, 2.75) is 19.3 Å². The van der Waals surface area contributed by atoms with Gasteiger partial charge in [0.1, 0.15) is 0 Å². The van der Waals surface area contributed by atoms with Gasteiger partial charge in [0.05, 0.1) is 5.02 Å². The molecule has 16 heavy (non-hydrogen) atoms. The van der Waals surface area contributed by atoms with Gasteiger partial charge in [0.15, 0.2) is 5.78 Å². The summed E-state index contributed by atoms with van der Waals surface area (Å²) >= 11 is 5.69. The molecule has 2 nitrogen and oxygen atoms in total. The number of nitrogens with two attached hydrogens (primary N) is 1. The fraction of sp³-hybridized carbons (Fsp3) is 0.364. The van der Waals surface area contributed by atoms with E-state index in [0.29, 0.717) is 6.92 Å². The van der Waals surface area contributed by atoms with Crippen molar-refractivity contribution in [2.75, 3.05) is 6.54 Å². The Labute approximate surface area is 97.4 Å². The van der Waals surface area contributed by atoms with Gasteiger partial charge < -0.3 is 5.73 Å². The van der Waals surface area contributed by atoms with Crippen molar-refractivity contribution >= 4 is 17.4 Å². The molecule has 0 unspecified atom stereocenters. The molecule has 0 saturated carbocycles. The second-order valence-corrected chi connectivity index (χ2v) is 3.92. The molecular formula is C11H12ClF2NO. The van der Waals surface area contributed by atoms with Crippen molar-refractivity contribution in [3.63, 3.8) is 0 Å². The number of hydrogen-bond acceptors (Lipinski definition) is 2. The molecule has 0 aromatic heterocycles. The maximum absolute atomic E-state index is 13.3. The third kappa shape index (κ3) is 2.77. The minimum absolute atomic E-state index is 0.0312. The monoisotopic (exact) mass is 247 g/mol. The van der Waals surface area contributed by atoms with Gasteiger partial charge in [0.2, 0.25) is 0 Å². The third-order valence-electron chi connectivity index (χ3n) is 2.12. The molecule has 88 valence electrons. The molecule has 0 spiro atoms. The lowest BCUT2D eigenvalue weighted by Gasteiger charge is -2.16. The molecule has 0 aliphatic carbocycles. The summed E-state index contributed by atoms with van der Waals surface area (Å²) in [6, 6.07) is 4.16. The molecule has 0 fully saturated rings. The number of rotatable bonds is 4. The molecule has 0 aliphatic rings. The predicted octanol–water partition coefficient (Wildman–Crippen LogP) is 2.98. The van der Waals surface area contributed by atoms with Gasteiger partial charge in [0.25, 0.3) is 5.92 Å². The van der Waals surface area contributed by atoms with E-state index in [9.17, 15) is 13.6 Å². The molecule has 5 heteroatoms. The Morgan fingerprint density at radius 1 is 1.50 bits per heavy atom. The SMILES string of the molecule is CC(F)(F)c1c(Cl)cccc1C(=O)CCN. The molecule has 0 amide bonds. The first-order chi connectivity index (χ1) is 7.38. The highest BCUT2D eigenvalue weighted by atomic mass is 35.5. The summed E-state index contributed by atoms with van der Waals surface area (Å²) in [6.07, 6.45) is 0.0312. The van der Waals surface area contributed by atoms with Crippen LogP contribution in [0.2, 0.25) is 5.02 Å². The lowest BCUT2D eigenvalue weighted by Crippen LogP contribution is -2.17. The maximum atomic E-state index is 13.3. The Morgan fingerprint density at radius 2 is 2.12 bits per heavy atom. The first-order valence-corrected chi connectivity index (χ1v) is 5.15. The van der Waals surface area contributed by atoms with Crippen LogP contribution in [0.3, 0.4) is 0 Å². The normalized spacial score (nSPS) is 11.6. The van der Waals surface area contributed by atoms with E-state index in [4.69, 9.17) is 17.3 Å². The molecule has 1 rings (SSSR count). The largest absolute Gasteiger partial charge is 0.330 e. The van der Waals surface area contributed by atoms with E-state index >= 15 is 0 Å². The molecule has 1 aromatic carbocycles. The maximum Gasteiger partial charge on any atom is 0.272 e. The molecule has 0 atom stereocenters. The Kier molecular flexibility index (Phi) is 3.99. The van der Waals surface area contributed by atoms with Crippen molar-refractivity contribution in [2.24, 2.45) is 5.73 Å². The summed E-state index contributed by atoms with van der Waals surface area (Å²) in [5.74, 6) is -3.56. The first kappa shape index (κ1) is 13.1. The van der Waals surface area contributed by atoms with Gasteiger partial charge in [-0.05, 0) is 12.6 Å². The van der Waals surface area contributed by atoms with Gasteiger partial charge in [-0.3, -0.25) is 4.79 Å². The standard InChI is InChI=1S/C11H12ClF2NO/c1-11(13,14)10-7(9(16)5-6-15)3-2-4-8(10)12/h2-4H,5-6,15H2,1H3. The van der Waals surface area contributed by atoms with E-state index in [1.807, 2.05) is 0 Å².